The number of fused-ring (bicyclic) bond motifs is 1. The molecule has 0 unspecified atom stereocenters. The van der Waals surface area contributed by atoms with E-state index in [4.69, 9.17) is 0 Å². The van der Waals surface area contributed by atoms with E-state index in [1.165, 1.54) is 0 Å². The highest BCUT2D eigenvalue weighted by Crippen LogP contribution is 2.22. The van der Waals surface area contributed by atoms with E-state index in [1.807, 2.05) is 78.2 Å². The first-order valence-electron chi connectivity index (χ1n) is 7.64. The van der Waals surface area contributed by atoms with E-state index < -0.39 is 0 Å². The van der Waals surface area contributed by atoms with Crippen molar-refractivity contribution in [2.24, 2.45) is 10.2 Å². The van der Waals surface area contributed by atoms with Crippen LogP contribution in [0.25, 0.3) is 10.8 Å². The van der Waals surface area contributed by atoms with Crippen LogP contribution in [0.2, 0.25) is 0 Å². The highest BCUT2D eigenvalue weighted by molar-refractivity contribution is 5.87. The number of benzene rings is 2. The van der Waals surface area contributed by atoms with Gasteiger partial charge in [0.05, 0.1) is 0 Å². The van der Waals surface area contributed by atoms with Gasteiger partial charge in [0.1, 0.15) is 5.75 Å². The number of phenolic OH excluding ortho intramolecular Hbond substituents is 1. The Balaban J connectivity index is -0.000000278. The average Bonchev–Trinajstić information content (AvgIpc) is 2.60. The van der Waals surface area contributed by atoms with Crippen LogP contribution in [0.15, 0.2) is 52.7 Å². The maximum atomic E-state index is 9.37. The van der Waals surface area contributed by atoms with Crippen molar-refractivity contribution in [3.05, 3.63) is 42.5 Å². The van der Waals surface area contributed by atoms with Gasteiger partial charge < -0.3 is 10.4 Å². The van der Waals surface area contributed by atoms with E-state index in [0.717, 1.165) is 10.8 Å². The summed E-state index contributed by atoms with van der Waals surface area (Å²) in [6.45, 7) is 8.00. The van der Waals surface area contributed by atoms with Crippen molar-refractivity contribution in [1.82, 2.24) is 5.32 Å². The van der Waals surface area contributed by atoms with Crippen LogP contribution in [0.5, 0.6) is 5.75 Å². The highest BCUT2D eigenvalue weighted by atomic mass is 16.3. The summed E-state index contributed by atoms with van der Waals surface area (Å²) in [6.07, 6.45) is 0. The van der Waals surface area contributed by atoms with E-state index in [0.29, 0.717) is 5.75 Å². The van der Waals surface area contributed by atoms with Crippen LogP contribution in [0.4, 0.5) is 0 Å². The molecular formula is C18H33N3O. The van der Waals surface area contributed by atoms with Crippen molar-refractivity contribution in [3.63, 3.8) is 0 Å². The standard InChI is InChI=1S/C10H8O.C2H6N2.C2H7N.2C2H6/c11-10-7-3-5-8-4-1-2-6-9(8)10;1-3-4-2;1-3-2;2*1-2/h1-7,11H;1-2H3;3H,1-2H3;2*1-2H3. The first-order chi connectivity index (χ1) is 10.7. The molecule has 22 heavy (non-hydrogen) atoms. The zero-order valence-corrected chi connectivity index (χ0v) is 15.4. The Morgan fingerprint density at radius 3 is 1.59 bits per heavy atom. The molecular weight excluding hydrogens is 274 g/mol. The summed E-state index contributed by atoms with van der Waals surface area (Å²) in [6, 6.07) is 13.3. The summed E-state index contributed by atoms with van der Waals surface area (Å²) in [5, 5.41) is 20.8. The molecule has 2 rings (SSSR count). The summed E-state index contributed by atoms with van der Waals surface area (Å²) in [7, 11) is 7.03. The number of aromatic hydroxyl groups is 1. The fourth-order valence-electron chi connectivity index (χ4n) is 1.21. The van der Waals surface area contributed by atoms with Gasteiger partial charge in [-0.15, -0.1) is 0 Å². The summed E-state index contributed by atoms with van der Waals surface area (Å²) in [5.41, 5.74) is 0. The van der Waals surface area contributed by atoms with Gasteiger partial charge >= 0.3 is 0 Å². The maximum Gasteiger partial charge on any atom is 0.123 e. The molecule has 0 amide bonds. The van der Waals surface area contributed by atoms with Gasteiger partial charge in [0, 0.05) is 19.5 Å². The molecule has 126 valence electrons. The molecule has 0 spiro atoms. The van der Waals surface area contributed by atoms with Crippen LogP contribution in [-0.4, -0.2) is 33.3 Å². The molecule has 0 aliphatic rings. The molecule has 0 aliphatic carbocycles. The van der Waals surface area contributed by atoms with Crippen LogP contribution in [-0.2, 0) is 0 Å². The molecule has 4 nitrogen and oxygen atoms in total. The molecule has 0 aliphatic heterocycles. The lowest BCUT2D eigenvalue weighted by molar-refractivity contribution is 0.481. The van der Waals surface area contributed by atoms with Gasteiger partial charge in [0.25, 0.3) is 0 Å². The minimum absolute atomic E-state index is 0.350. The predicted molar refractivity (Wildman–Crippen MR) is 100.0 cm³/mol. The summed E-state index contributed by atoms with van der Waals surface area (Å²) in [5.74, 6) is 0.350. The Morgan fingerprint density at radius 2 is 1.18 bits per heavy atom. The van der Waals surface area contributed by atoms with Gasteiger partial charge in [0.2, 0.25) is 0 Å². The van der Waals surface area contributed by atoms with Crippen LogP contribution in [0.3, 0.4) is 0 Å². The van der Waals surface area contributed by atoms with E-state index in [1.54, 1.807) is 20.2 Å². The number of nitrogens with zero attached hydrogens (tertiary/aromatic N) is 2. The second-order valence-electron chi connectivity index (χ2n) is 3.40. The molecule has 0 atom stereocenters. The third-order valence-corrected chi connectivity index (χ3v) is 1.97. The molecule has 0 saturated heterocycles. The number of rotatable bonds is 0. The highest BCUT2D eigenvalue weighted by Gasteiger charge is 1.94. The SMILES string of the molecule is CC.CC.CN=NC.CNC.Oc1cccc2ccccc12. The van der Waals surface area contributed by atoms with E-state index in [2.05, 4.69) is 15.5 Å². The number of phenols is 1. The number of hydrogen-bond donors (Lipinski definition) is 2. The lowest BCUT2D eigenvalue weighted by Crippen LogP contribution is -1.89. The zero-order valence-electron chi connectivity index (χ0n) is 15.4. The van der Waals surface area contributed by atoms with Gasteiger partial charge in [0.15, 0.2) is 0 Å². The van der Waals surface area contributed by atoms with Crippen LogP contribution in [0, 0.1) is 0 Å². The predicted octanol–water partition coefficient (Wildman–Crippen LogP) is 5.13. The molecule has 0 aromatic heterocycles. The quantitative estimate of drug-likeness (QED) is 0.663. The van der Waals surface area contributed by atoms with Crippen molar-refractivity contribution in [2.75, 3.05) is 28.2 Å². The molecule has 2 N–H and O–H groups in total. The van der Waals surface area contributed by atoms with Gasteiger partial charge in [-0.25, -0.2) is 0 Å². The van der Waals surface area contributed by atoms with Crippen LogP contribution in [0.1, 0.15) is 27.7 Å². The average molecular weight is 307 g/mol. The topological polar surface area (TPSA) is 57.0 Å². The first-order valence-corrected chi connectivity index (χ1v) is 7.64. The molecule has 2 aromatic carbocycles. The van der Waals surface area contributed by atoms with Gasteiger partial charge in [-0.3, -0.25) is 0 Å². The van der Waals surface area contributed by atoms with Gasteiger partial charge in [-0.05, 0) is 25.5 Å². The van der Waals surface area contributed by atoms with Crippen molar-refractivity contribution in [3.8, 4) is 5.75 Å². The first kappa shape index (κ1) is 25.0. The lowest BCUT2D eigenvalue weighted by atomic mass is 10.1. The monoisotopic (exact) mass is 307 g/mol. The van der Waals surface area contributed by atoms with Crippen molar-refractivity contribution in [2.45, 2.75) is 27.7 Å². The number of nitrogens with one attached hydrogen (secondary N) is 1. The fourth-order valence-corrected chi connectivity index (χ4v) is 1.21. The minimum atomic E-state index is 0.350. The molecule has 2 aromatic rings. The number of hydrogen-bond acceptors (Lipinski definition) is 4. The van der Waals surface area contributed by atoms with Gasteiger partial charge in [-0.2, -0.15) is 10.2 Å². The maximum absolute atomic E-state index is 9.37. The normalized spacial score (nSPS) is 8.18. The van der Waals surface area contributed by atoms with E-state index in [-0.39, 0.29) is 0 Å². The van der Waals surface area contributed by atoms with Crippen LogP contribution >= 0.6 is 0 Å². The van der Waals surface area contributed by atoms with Crippen molar-refractivity contribution in [1.29, 1.82) is 0 Å². The Morgan fingerprint density at radius 1 is 0.773 bits per heavy atom. The van der Waals surface area contributed by atoms with Crippen LogP contribution < -0.4 is 5.32 Å². The Labute approximate surface area is 136 Å². The van der Waals surface area contributed by atoms with Gasteiger partial charge in [-0.1, -0.05) is 64.1 Å². The molecule has 4 heteroatoms. The molecule has 0 heterocycles. The Bertz CT molecular complexity index is 461. The second-order valence-corrected chi connectivity index (χ2v) is 3.40. The number of azo groups is 1. The minimum Gasteiger partial charge on any atom is -0.507 e. The zero-order chi connectivity index (χ0) is 17.8. The summed E-state index contributed by atoms with van der Waals surface area (Å²) < 4.78 is 0. The molecule has 0 radical (unpaired) electrons. The Kier molecular flexibility index (Phi) is 24.3. The van der Waals surface area contributed by atoms with E-state index >= 15 is 0 Å². The fraction of sp³-hybridized carbons (Fsp3) is 0.444. The smallest absolute Gasteiger partial charge is 0.123 e. The van der Waals surface area contributed by atoms with Crippen molar-refractivity contribution < 1.29 is 5.11 Å². The molecule has 0 fully saturated rings. The third kappa shape index (κ3) is 13.1. The largest absolute Gasteiger partial charge is 0.507 e. The third-order valence-electron chi connectivity index (χ3n) is 1.97. The summed E-state index contributed by atoms with van der Waals surface area (Å²) in [4.78, 5) is 0. The molecule has 0 saturated carbocycles. The van der Waals surface area contributed by atoms with Crippen molar-refractivity contribution >= 4 is 10.8 Å². The Hall–Kier alpha value is -1.94. The summed E-state index contributed by atoms with van der Waals surface area (Å²) >= 11 is 0. The molecule has 0 bridgehead atoms. The lowest BCUT2D eigenvalue weighted by Gasteiger charge is -1.97. The second kappa shape index (κ2) is 21.4. The van der Waals surface area contributed by atoms with E-state index in [9.17, 15) is 5.11 Å².